The molecule has 0 aliphatic heterocycles. The van der Waals surface area contributed by atoms with E-state index in [4.69, 9.17) is 9.15 Å². The van der Waals surface area contributed by atoms with Crippen molar-refractivity contribution in [2.75, 3.05) is 10.8 Å². The third-order valence-corrected chi connectivity index (χ3v) is 7.69. The van der Waals surface area contributed by atoms with Gasteiger partial charge in [0.05, 0.1) is 24.9 Å². The van der Waals surface area contributed by atoms with Crippen LogP contribution in [0, 0.1) is 12.8 Å². The Labute approximate surface area is 253 Å². The van der Waals surface area contributed by atoms with E-state index >= 15 is 0 Å². The van der Waals surface area contributed by atoms with E-state index in [1.54, 1.807) is 36.2 Å². The minimum absolute atomic E-state index is 0. The van der Waals surface area contributed by atoms with E-state index in [9.17, 15) is 9.90 Å². The van der Waals surface area contributed by atoms with Crippen molar-refractivity contribution in [1.82, 2.24) is 0 Å². The number of rotatable bonds is 10. The number of carboxylic acids is 1. The van der Waals surface area contributed by atoms with E-state index < -0.39 is 5.97 Å². The van der Waals surface area contributed by atoms with Crippen LogP contribution in [0.2, 0.25) is 0 Å². The van der Waals surface area contributed by atoms with Crippen LogP contribution in [0.15, 0.2) is 58.0 Å². The largest absolute Gasteiger partial charge is 1.00 e. The van der Waals surface area contributed by atoms with E-state index in [-0.39, 0.29) is 35.1 Å². The van der Waals surface area contributed by atoms with Crippen LogP contribution in [0.5, 0.6) is 0 Å². The molecule has 2 aromatic carbocycles. The Morgan fingerprint density at radius 1 is 0.974 bits per heavy atom. The standard InChI is InChI=1S/C31H39NO4S.Na/c1-22(2)19-32(37-30-16-11-23(3)36-30)29-18-27-10-8-6-4-5-7-9-26(27)17-28(29)21-35-20-24-12-14-25(15-13-24)31(33)34;/h11-18,22H,4-10,19-21H2,1-3H3,(H,33,34);/q;+1/p-1. The third kappa shape index (κ3) is 8.92. The van der Waals surface area contributed by atoms with Crippen LogP contribution in [0.4, 0.5) is 5.69 Å². The number of carbonyl (C=O) groups excluding carboxylic acids is 1. The zero-order chi connectivity index (χ0) is 26.2. The summed E-state index contributed by atoms with van der Waals surface area (Å²) in [5.41, 5.74) is 6.40. The number of carbonyl (C=O) groups is 1. The van der Waals surface area contributed by atoms with Gasteiger partial charge in [-0.15, -0.1) is 0 Å². The van der Waals surface area contributed by atoms with E-state index in [1.807, 2.05) is 19.1 Å². The molecule has 1 aliphatic carbocycles. The van der Waals surface area contributed by atoms with Crippen LogP contribution in [0.25, 0.3) is 0 Å². The number of aryl methyl sites for hydroxylation is 3. The Kier molecular flexibility index (Phi) is 12.3. The molecule has 0 spiro atoms. The first-order chi connectivity index (χ1) is 17.9. The van der Waals surface area contributed by atoms with Crippen molar-refractivity contribution in [3.63, 3.8) is 0 Å². The van der Waals surface area contributed by atoms with Gasteiger partial charge in [0.2, 0.25) is 0 Å². The number of aromatic carboxylic acids is 1. The predicted molar refractivity (Wildman–Crippen MR) is 148 cm³/mol. The zero-order valence-electron chi connectivity index (χ0n) is 23.3. The van der Waals surface area contributed by atoms with Gasteiger partial charge in [-0.2, -0.15) is 0 Å². The molecule has 0 unspecified atom stereocenters. The summed E-state index contributed by atoms with van der Waals surface area (Å²) >= 11 is 1.65. The normalized spacial score (nSPS) is 13.7. The number of carboxylic acid groups (broad SMARTS) is 1. The van der Waals surface area contributed by atoms with Crippen molar-refractivity contribution in [2.45, 2.75) is 84.0 Å². The molecule has 0 radical (unpaired) electrons. The fourth-order valence-corrected chi connectivity index (χ4v) is 5.96. The minimum atomic E-state index is -1.16. The van der Waals surface area contributed by atoms with E-state index in [0.29, 0.717) is 19.1 Å². The van der Waals surface area contributed by atoms with Crippen LogP contribution in [0.3, 0.4) is 0 Å². The molecule has 7 heteroatoms. The van der Waals surface area contributed by atoms with E-state index in [0.717, 1.165) is 35.8 Å². The monoisotopic (exact) mass is 543 g/mol. The molecule has 0 fully saturated rings. The maximum absolute atomic E-state index is 11.1. The maximum atomic E-state index is 11.1. The molecule has 0 N–H and O–H groups in total. The molecule has 0 bridgehead atoms. The number of furan rings is 1. The van der Waals surface area contributed by atoms with Crippen molar-refractivity contribution >= 4 is 23.6 Å². The van der Waals surface area contributed by atoms with Gasteiger partial charge in [0.25, 0.3) is 0 Å². The second-order valence-corrected chi connectivity index (χ2v) is 11.4. The SMILES string of the molecule is Cc1ccc(SN(CC(C)C)c2cc3c(cc2COCc2ccc(C(=O)[O-])cc2)CCCCCCC3)o1.[Na+]. The zero-order valence-corrected chi connectivity index (χ0v) is 26.1. The van der Waals surface area contributed by atoms with Gasteiger partial charge in [0, 0.05) is 24.1 Å². The molecule has 5 nitrogen and oxygen atoms in total. The summed E-state index contributed by atoms with van der Waals surface area (Å²) in [6.07, 6.45) is 8.61. The van der Waals surface area contributed by atoms with Gasteiger partial charge >= 0.3 is 29.6 Å². The molecule has 3 aromatic rings. The van der Waals surface area contributed by atoms with E-state index in [1.165, 1.54) is 54.5 Å². The number of hydrogen-bond donors (Lipinski definition) is 0. The number of benzene rings is 2. The summed E-state index contributed by atoms with van der Waals surface area (Å²) in [6.45, 7) is 8.25. The van der Waals surface area contributed by atoms with Crippen LogP contribution in [-0.4, -0.2) is 12.5 Å². The van der Waals surface area contributed by atoms with Gasteiger partial charge in [0.1, 0.15) is 5.76 Å². The molecule has 198 valence electrons. The molecule has 1 aromatic heterocycles. The molecular formula is C31H38NNaO4S. The number of anilines is 1. The Morgan fingerprint density at radius 3 is 2.24 bits per heavy atom. The molecule has 0 amide bonds. The first-order valence-corrected chi connectivity index (χ1v) is 14.2. The summed E-state index contributed by atoms with van der Waals surface area (Å²) in [4.78, 5) is 11.1. The first kappa shape index (κ1) is 30.8. The van der Waals surface area contributed by atoms with Crippen molar-refractivity contribution in [1.29, 1.82) is 0 Å². The van der Waals surface area contributed by atoms with Gasteiger partial charge in [-0.05, 0) is 79.0 Å². The Hall–Kier alpha value is -1.70. The van der Waals surface area contributed by atoms with Crippen LogP contribution >= 0.6 is 11.9 Å². The molecule has 1 aliphatic rings. The Morgan fingerprint density at radius 2 is 1.63 bits per heavy atom. The number of nitrogens with zero attached hydrogens (tertiary/aromatic N) is 1. The van der Waals surface area contributed by atoms with Crippen LogP contribution in [0.1, 0.15) is 84.3 Å². The van der Waals surface area contributed by atoms with Gasteiger partial charge in [-0.1, -0.05) is 63.4 Å². The van der Waals surface area contributed by atoms with Crippen LogP contribution < -0.4 is 39.0 Å². The molecule has 0 atom stereocenters. The summed E-state index contributed by atoms with van der Waals surface area (Å²) in [6, 6.07) is 15.5. The summed E-state index contributed by atoms with van der Waals surface area (Å²) < 4.78 is 14.5. The fraction of sp³-hybridized carbons (Fsp3) is 0.452. The topological polar surface area (TPSA) is 65.7 Å². The fourth-order valence-electron chi connectivity index (χ4n) is 4.80. The first-order valence-electron chi connectivity index (χ1n) is 13.4. The molecular weight excluding hydrogens is 505 g/mol. The average molecular weight is 544 g/mol. The molecule has 38 heavy (non-hydrogen) atoms. The van der Waals surface area contributed by atoms with Crippen LogP contribution in [-0.2, 0) is 30.8 Å². The van der Waals surface area contributed by atoms with Crippen molar-refractivity contribution in [2.24, 2.45) is 5.92 Å². The number of hydrogen-bond acceptors (Lipinski definition) is 6. The van der Waals surface area contributed by atoms with Gasteiger partial charge in [-0.3, -0.25) is 0 Å². The molecule has 0 saturated carbocycles. The summed E-state index contributed by atoms with van der Waals surface area (Å²) in [5, 5.41) is 11.9. The Balaban J connectivity index is 0.00000400. The van der Waals surface area contributed by atoms with Gasteiger partial charge in [-0.25, -0.2) is 0 Å². The predicted octanol–water partition coefficient (Wildman–Crippen LogP) is 3.89. The number of ether oxygens (including phenoxy) is 1. The minimum Gasteiger partial charge on any atom is -0.545 e. The second kappa shape index (κ2) is 15.2. The van der Waals surface area contributed by atoms with Gasteiger partial charge < -0.3 is 23.4 Å². The van der Waals surface area contributed by atoms with Crippen molar-refractivity contribution in [3.05, 3.63) is 82.1 Å². The number of fused-ring (bicyclic) bond motifs is 1. The molecule has 0 saturated heterocycles. The quantitative estimate of drug-likeness (QED) is 0.286. The Bertz CT molecular complexity index is 1180. The average Bonchev–Trinajstić information content (AvgIpc) is 3.32. The smallest absolute Gasteiger partial charge is 0.545 e. The van der Waals surface area contributed by atoms with Gasteiger partial charge in [0.15, 0.2) is 5.09 Å². The summed E-state index contributed by atoms with van der Waals surface area (Å²) in [7, 11) is 0. The van der Waals surface area contributed by atoms with Crippen molar-refractivity contribution in [3.8, 4) is 0 Å². The maximum Gasteiger partial charge on any atom is 1.00 e. The van der Waals surface area contributed by atoms with E-state index in [2.05, 4.69) is 30.3 Å². The summed E-state index contributed by atoms with van der Waals surface area (Å²) in [5.74, 6) is 0.225. The molecule has 4 rings (SSSR count). The second-order valence-electron chi connectivity index (χ2n) is 10.4. The molecule has 1 heterocycles. The third-order valence-electron chi connectivity index (χ3n) is 6.72. The van der Waals surface area contributed by atoms with Crippen molar-refractivity contribution < 1.29 is 48.6 Å².